The largest absolute Gasteiger partial charge is 0.359 e. The Balaban J connectivity index is 1.07. The van der Waals surface area contributed by atoms with Crippen LogP contribution in [-0.2, 0) is 6.54 Å². The number of nitrogens with zero attached hydrogens (tertiary/aromatic N) is 4. The molecule has 1 aliphatic rings. The fourth-order valence-corrected chi connectivity index (χ4v) is 5.09. The smallest absolute Gasteiger partial charge is 0.182 e. The maximum absolute atomic E-state index is 12.7. The molecule has 0 unspecified atom stereocenters. The molecule has 4 heterocycles. The number of carbonyl (C=O) groups excluding carboxylic acids is 1. The first-order chi connectivity index (χ1) is 16.2. The average molecular weight is 459 g/mol. The zero-order chi connectivity index (χ0) is 22.5. The van der Waals surface area contributed by atoms with E-state index in [9.17, 15) is 4.79 Å². The van der Waals surface area contributed by atoms with Gasteiger partial charge in [0.25, 0.3) is 0 Å². The predicted molar refractivity (Wildman–Crippen MR) is 129 cm³/mol. The predicted octanol–water partition coefficient (Wildman–Crippen LogP) is 5.74. The van der Waals surface area contributed by atoms with Crippen molar-refractivity contribution in [3.63, 3.8) is 0 Å². The lowest BCUT2D eigenvalue weighted by molar-refractivity contribution is 0.0955. The third kappa shape index (κ3) is 5.43. The Bertz CT molecular complexity index is 1180. The van der Waals surface area contributed by atoms with Gasteiger partial charge in [-0.1, -0.05) is 35.5 Å². The lowest BCUT2D eigenvalue weighted by atomic mass is 9.91. The molecule has 1 aromatic carbocycles. The molecule has 0 N–H and O–H groups in total. The van der Waals surface area contributed by atoms with Crippen molar-refractivity contribution >= 4 is 17.1 Å². The molecule has 0 aliphatic carbocycles. The Morgan fingerprint density at radius 2 is 1.91 bits per heavy atom. The molecule has 5 rings (SSSR count). The SMILES string of the molecule is O=C(CCC1CCN(Cc2cc(-c3ccccc3)no2)CC1)c1csc(-c2cccnc2)n1. The van der Waals surface area contributed by atoms with Crippen LogP contribution in [0.1, 0.15) is 41.9 Å². The van der Waals surface area contributed by atoms with Gasteiger partial charge in [0, 0.05) is 41.4 Å². The van der Waals surface area contributed by atoms with E-state index in [1.165, 1.54) is 11.3 Å². The lowest BCUT2D eigenvalue weighted by Crippen LogP contribution is -2.33. The van der Waals surface area contributed by atoms with Crippen LogP contribution in [0.15, 0.2) is 70.8 Å². The number of benzene rings is 1. The van der Waals surface area contributed by atoms with Crippen LogP contribution < -0.4 is 0 Å². The van der Waals surface area contributed by atoms with Crippen LogP contribution in [0.4, 0.5) is 0 Å². The van der Waals surface area contributed by atoms with Crippen molar-refractivity contribution in [3.05, 3.63) is 77.8 Å². The molecular formula is C26H26N4O2S. The summed E-state index contributed by atoms with van der Waals surface area (Å²) in [4.78, 5) is 23.7. The third-order valence-electron chi connectivity index (χ3n) is 6.19. The van der Waals surface area contributed by atoms with Gasteiger partial charge in [-0.25, -0.2) is 4.98 Å². The van der Waals surface area contributed by atoms with E-state index in [4.69, 9.17) is 4.52 Å². The molecule has 0 bridgehead atoms. The van der Waals surface area contributed by atoms with E-state index in [0.717, 1.165) is 66.5 Å². The number of hydrogen-bond donors (Lipinski definition) is 0. The van der Waals surface area contributed by atoms with Crippen molar-refractivity contribution in [2.45, 2.75) is 32.2 Å². The number of rotatable bonds is 8. The monoisotopic (exact) mass is 458 g/mol. The van der Waals surface area contributed by atoms with Crippen LogP contribution in [0.5, 0.6) is 0 Å². The number of pyridine rings is 1. The fourth-order valence-electron chi connectivity index (χ4n) is 4.27. The molecule has 1 saturated heterocycles. The maximum Gasteiger partial charge on any atom is 0.182 e. The molecule has 0 amide bonds. The highest BCUT2D eigenvalue weighted by molar-refractivity contribution is 7.13. The summed E-state index contributed by atoms with van der Waals surface area (Å²) in [7, 11) is 0. The Morgan fingerprint density at radius 1 is 1.09 bits per heavy atom. The number of Topliss-reactive ketones (excluding diaryl/α,β-unsaturated/α-hetero) is 1. The van der Waals surface area contributed by atoms with Crippen molar-refractivity contribution in [2.75, 3.05) is 13.1 Å². The summed E-state index contributed by atoms with van der Waals surface area (Å²) in [6.45, 7) is 2.81. The summed E-state index contributed by atoms with van der Waals surface area (Å²) in [6.07, 6.45) is 7.20. The van der Waals surface area contributed by atoms with Gasteiger partial charge >= 0.3 is 0 Å². The van der Waals surface area contributed by atoms with E-state index >= 15 is 0 Å². The van der Waals surface area contributed by atoms with Gasteiger partial charge in [-0.15, -0.1) is 11.3 Å². The highest BCUT2D eigenvalue weighted by Gasteiger charge is 2.22. The topological polar surface area (TPSA) is 72.1 Å². The minimum Gasteiger partial charge on any atom is -0.359 e. The van der Waals surface area contributed by atoms with Gasteiger partial charge in [0.05, 0.1) is 6.54 Å². The van der Waals surface area contributed by atoms with E-state index in [-0.39, 0.29) is 5.78 Å². The van der Waals surface area contributed by atoms with Gasteiger partial charge in [0.15, 0.2) is 11.5 Å². The quantitative estimate of drug-likeness (QED) is 0.314. The molecule has 0 radical (unpaired) electrons. The van der Waals surface area contributed by atoms with E-state index in [0.29, 0.717) is 18.0 Å². The maximum atomic E-state index is 12.7. The van der Waals surface area contributed by atoms with Gasteiger partial charge in [0.1, 0.15) is 16.4 Å². The summed E-state index contributed by atoms with van der Waals surface area (Å²) in [6, 6.07) is 16.0. The second-order valence-corrected chi connectivity index (χ2v) is 9.36. The number of piperidine rings is 1. The molecule has 1 aliphatic heterocycles. The molecule has 1 fully saturated rings. The minimum absolute atomic E-state index is 0.138. The summed E-state index contributed by atoms with van der Waals surface area (Å²) >= 11 is 1.50. The highest BCUT2D eigenvalue weighted by Crippen LogP contribution is 2.27. The van der Waals surface area contributed by atoms with Crippen molar-refractivity contribution in [1.29, 1.82) is 0 Å². The van der Waals surface area contributed by atoms with E-state index < -0.39 is 0 Å². The third-order valence-corrected chi connectivity index (χ3v) is 7.08. The zero-order valence-electron chi connectivity index (χ0n) is 18.4. The molecule has 4 aromatic rings. The molecular weight excluding hydrogens is 432 g/mol. The standard InChI is InChI=1S/C26H26N4O2S/c31-25(24-18-33-26(28-24)21-7-4-12-27-16-21)9-8-19-10-13-30(14-11-19)17-22-15-23(29-32-22)20-5-2-1-3-6-20/h1-7,12,15-16,18-19H,8-11,13-14,17H2. The fraction of sp³-hybridized carbons (Fsp3) is 0.308. The van der Waals surface area contributed by atoms with Crippen LogP contribution in [-0.4, -0.2) is 38.9 Å². The number of hydrogen-bond acceptors (Lipinski definition) is 7. The van der Waals surface area contributed by atoms with Gasteiger partial charge < -0.3 is 4.52 Å². The average Bonchev–Trinajstić information content (AvgIpc) is 3.55. The first-order valence-corrected chi connectivity index (χ1v) is 12.2. The number of aromatic nitrogens is 3. The summed E-state index contributed by atoms with van der Waals surface area (Å²) in [5, 5.41) is 6.94. The van der Waals surface area contributed by atoms with Gasteiger partial charge in [-0.05, 0) is 50.4 Å². The van der Waals surface area contributed by atoms with Crippen LogP contribution >= 0.6 is 11.3 Å². The van der Waals surface area contributed by atoms with Gasteiger partial charge in [-0.3, -0.25) is 14.7 Å². The Hall–Kier alpha value is -3.16. The van der Waals surface area contributed by atoms with Crippen molar-refractivity contribution in [3.8, 4) is 21.8 Å². The Morgan fingerprint density at radius 3 is 2.70 bits per heavy atom. The van der Waals surface area contributed by atoms with Crippen molar-refractivity contribution in [1.82, 2.24) is 20.0 Å². The Kier molecular flexibility index (Phi) is 6.69. The molecule has 168 valence electrons. The second kappa shape index (κ2) is 10.2. The van der Waals surface area contributed by atoms with Crippen LogP contribution in [0, 0.1) is 5.92 Å². The van der Waals surface area contributed by atoms with Crippen molar-refractivity contribution in [2.24, 2.45) is 5.92 Å². The first kappa shape index (κ1) is 21.7. The van der Waals surface area contributed by atoms with Crippen LogP contribution in [0.3, 0.4) is 0 Å². The Labute approximate surface area is 197 Å². The van der Waals surface area contributed by atoms with E-state index in [2.05, 4.69) is 20.0 Å². The van der Waals surface area contributed by atoms with E-state index in [1.54, 1.807) is 12.4 Å². The first-order valence-electron chi connectivity index (χ1n) is 11.4. The van der Waals surface area contributed by atoms with Crippen molar-refractivity contribution < 1.29 is 9.32 Å². The molecule has 3 aromatic heterocycles. The number of thiazole rings is 1. The molecule has 33 heavy (non-hydrogen) atoms. The number of carbonyl (C=O) groups is 1. The van der Waals surface area contributed by atoms with Crippen LogP contribution in [0.25, 0.3) is 21.8 Å². The molecule has 0 atom stereocenters. The number of ketones is 1. The van der Waals surface area contributed by atoms with Gasteiger partial charge in [0.2, 0.25) is 0 Å². The second-order valence-electron chi connectivity index (χ2n) is 8.51. The van der Waals surface area contributed by atoms with Gasteiger partial charge in [-0.2, -0.15) is 0 Å². The summed E-state index contributed by atoms with van der Waals surface area (Å²) in [5.74, 6) is 1.62. The minimum atomic E-state index is 0.138. The normalized spacial score (nSPS) is 15.0. The molecule has 7 heteroatoms. The lowest BCUT2D eigenvalue weighted by Gasteiger charge is -2.31. The van der Waals surface area contributed by atoms with Crippen LogP contribution in [0.2, 0.25) is 0 Å². The summed E-state index contributed by atoms with van der Waals surface area (Å²) < 4.78 is 5.56. The van der Waals surface area contributed by atoms with E-state index in [1.807, 2.05) is 53.9 Å². The molecule has 6 nitrogen and oxygen atoms in total. The highest BCUT2D eigenvalue weighted by atomic mass is 32.1. The zero-order valence-corrected chi connectivity index (χ0v) is 19.2. The number of likely N-dealkylation sites (tertiary alicyclic amines) is 1. The summed E-state index contributed by atoms with van der Waals surface area (Å²) in [5.41, 5.74) is 3.49. The molecule has 0 saturated carbocycles. The molecule has 0 spiro atoms.